The number of hydrogen-bond donors (Lipinski definition) is 0. The van der Waals surface area contributed by atoms with Crippen molar-refractivity contribution in [3.8, 4) is 23.5 Å². The number of nitrogens with zero attached hydrogens (tertiary/aromatic N) is 4. The third-order valence-corrected chi connectivity index (χ3v) is 12.2. The maximum absolute atomic E-state index is 11.2. The predicted octanol–water partition coefficient (Wildman–Crippen LogP) is 13.7. The van der Waals surface area contributed by atoms with Crippen LogP contribution in [-0.2, 0) is 0 Å². The highest BCUT2D eigenvalue weighted by molar-refractivity contribution is 6.31. The zero-order valence-electron chi connectivity index (χ0n) is 30.6. The van der Waals surface area contributed by atoms with Gasteiger partial charge in [-0.25, -0.2) is 0 Å². The van der Waals surface area contributed by atoms with E-state index in [1.165, 1.54) is 0 Å². The van der Waals surface area contributed by atoms with E-state index in [-0.39, 0.29) is 0 Å². The SMILES string of the molecule is N#Cc1cc(-n2c3ccccc3c3ccc4oc5ccc6ccccc6c5c4c32)c(C#N)cc1-n1c2ccccc2c2ccc3oc4ccc5ccccc5c4c3c21. The maximum Gasteiger partial charge on any atom is 0.137 e. The Morgan fingerprint density at radius 3 is 1.19 bits per heavy atom. The van der Waals surface area contributed by atoms with E-state index in [1.807, 2.05) is 72.8 Å². The molecule has 0 N–H and O–H groups in total. The number of para-hydroxylation sites is 2. The second-order valence-electron chi connectivity index (χ2n) is 15.0. The van der Waals surface area contributed by atoms with E-state index >= 15 is 0 Å². The van der Waals surface area contributed by atoms with E-state index in [0.717, 1.165) is 109 Å². The summed E-state index contributed by atoms with van der Waals surface area (Å²) in [7, 11) is 0. The van der Waals surface area contributed by atoms with Gasteiger partial charge in [-0.15, -0.1) is 0 Å². The van der Waals surface area contributed by atoms with Crippen LogP contribution in [0.15, 0.2) is 167 Å². The summed E-state index contributed by atoms with van der Waals surface area (Å²) in [6.07, 6.45) is 0. The molecule has 6 nitrogen and oxygen atoms in total. The number of furan rings is 2. The van der Waals surface area contributed by atoms with Gasteiger partial charge in [-0.05, 0) is 82.2 Å². The predicted molar refractivity (Wildman–Crippen MR) is 234 cm³/mol. The van der Waals surface area contributed by atoms with Crippen molar-refractivity contribution < 1.29 is 8.83 Å². The Morgan fingerprint density at radius 1 is 0.362 bits per heavy atom. The number of fused-ring (bicyclic) bond motifs is 18. The molecule has 0 atom stereocenters. The quantitative estimate of drug-likeness (QED) is 0.177. The van der Waals surface area contributed by atoms with E-state index in [2.05, 4.69) is 106 Å². The molecule has 58 heavy (non-hydrogen) atoms. The second-order valence-corrected chi connectivity index (χ2v) is 15.0. The van der Waals surface area contributed by atoms with Crippen molar-refractivity contribution in [1.82, 2.24) is 9.13 Å². The highest BCUT2D eigenvalue weighted by Crippen LogP contribution is 2.46. The van der Waals surface area contributed by atoms with E-state index in [9.17, 15) is 10.5 Å². The van der Waals surface area contributed by atoms with Gasteiger partial charge in [0.1, 0.15) is 34.5 Å². The Morgan fingerprint density at radius 2 is 0.741 bits per heavy atom. The summed E-state index contributed by atoms with van der Waals surface area (Å²) < 4.78 is 17.4. The molecular weight excluding hydrogens is 713 g/mol. The molecule has 0 amide bonds. The zero-order valence-corrected chi connectivity index (χ0v) is 30.6. The van der Waals surface area contributed by atoms with Gasteiger partial charge in [0.2, 0.25) is 0 Å². The van der Waals surface area contributed by atoms with Gasteiger partial charge in [0, 0.05) is 32.3 Å². The molecule has 6 heteroatoms. The molecule has 0 aliphatic carbocycles. The fourth-order valence-corrected chi connectivity index (χ4v) is 9.78. The van der Waals surface area contributed by atoms with Crippen LogP contribution in [0.1, 0.15) is 11.1 Å². The molecule has 0 aliphatic heterocycles. The van der Waals surface area contributed by atoms with Crippen molar-refractivity contribution in [3.63, 3.8) is 0 Å². The van der Waals surface area contributed by atoms with Crippen molar-refractivity contribution in [3.05, 3.63) is 169 Å². The number of aromatic nitrogens is 2. The van der Waals surface area contributed by atoms with Gasteiger partial charge < -0.3 is 18.0 Å². The Balaban J connectivity index is 1.19. The zero-order chi connectivity index (χ0) is 38.2. The van der Waals surface area contributed by atoms with Gasteiger partial charge in [-0.2, -0.15) is 10.5 Å². The van der Waals surface area contributed by atoms with E-state index in [1.54, 1.807) is 0 Å². The molecule has 13 rings (SSSR count). The lowest BCUT2D eigenvalue weighted by Gasteiger charge is -2.16. The van der Waals surface area contributed by atoms with Crippen LogP contribution in [0.4, 0.5) is 0 Å². The minimum absolute atomic E-state index is 0.437. The highest BCUT2D eigenvalue weighted by Gasteiger charge is 2.26. The van der Waals surface area contributed by atoms with E-state index in [0.29, 0.717) is 22.5 Å². The summed E-state index contributed by atoms with van der Waals surface area (Å²) in [5.74, 6) is 0. The molecule has 4 heterocycles. The molecule has 0 spiro atoms. The van der Waals surface area contributed by atoms with Gasteiger partial charge in [-0.1, -0.05) is 97.1 Å². The molecule has 0 saturated heterocycles. The molecule has 0 unspecified atom stereocenters. The monoisotopic (exact) mass is 738 g/mol. The first-order valence-electron chi connectivity index (χ1n) is 19.2. The van der Waals surface area contributed by atoms with E-state index in [4.69, 9.17) is 8.83 Å². The highest BCUT2D eigenvalue weighted by atomic mass is 16.3. The normalized spacial score (nSPS) is 12.1. The number of rotatable bonds is 2. The summed E-state index contributed by atoms with van der Waals surface area (Å²) in [5.41, 5.74) is 8.95. The summed E-state index contributed by atoms with van der Waals surface area (Å²) in [6.45, 7) is 0. The summed E-state index contributed by atoms with van der Waals surface area (Å²) in [4.78, 5) is 0. The molecule has 0 saturated carbocycles. The van der Waals surface area contributed by atoms with Crippen LogP contribution < -0.4 is 0 Å². The molecule has 9 aromatic carbocycles. The first kappa shape index (κ1) is 30.9. The van der Waals surface area contributed by atoms with Crippen LogP contribution in [0.2, 0.25) is 0 Å². The average Bonchev–Trinajstić information content (AvgIpc) is 4.03. The van der Waals surface area contributed by atoms with E-state index < -0.39 is 0 Å². The van der Waals surface area contributed by atoms with Gasteiger partial charge >= 0.3 is 0 Å². The molecule has 13 aromatic rings. The summed E-state index contributed by atoms with van der Waals surface area (Å²) in [5, 5.41) is 34.9. The average molecular weight is 739 g/mol. The van der Waals surface area contributed by atoms with Crippen LogP contribution >= 0.6 is 0 Å². The summed E-state index contributed by atoms with van der Waals surface area (Å²) in [6, 6.07) is 58.7. The molecular formula is C52H26N4O2. The van der Waals surface area contributed by atoms with Gasteiger partial charge in [0.25, 0.3) is 0 Å². The molecule has 4 aromatic heterocycles. The van der Waals surface area contributed by atoms with Crippen molar-refractivity contribution in [1.29, 1.82) is 10.5 Å². The molecule has 0 radical (unpaired) electrons. The number of nitriles is 2. The molecule has 0 bridgehead atoms. The van der Waals surface area contributed by atoms with Crippen LogP contribution in [0.5, 0.6) is 0 Å². The second kappa shape index (κ2) is 11.1. The lowest BCUT2D eigenvalue weighted by Crippen LogP contribution is -2.04. The van der Waals surface area contributed by atoms with Gasteiger partial charge in [0.05, 0.1) is 55.3 Å². The lowest BCUT2D eigenvalue weighted by atomic mass is 10.0. The minimum atomic E-state index is 0.437. The Kier molecular flexibility index (Phi) is 5.94. The largest absolute Gasteiger partial charge is 0.456 e. The molecule has 0 aliphatic rings. The lowest BCUT2D eigenvalue weighted by molar-refractivity contribution is 0.669. The fraction of sp³-hybridized carbons (Fsp3) is 0. The fourth-order valence-electron chi connectivity index (χ4n) is 9.78. The first-order valence-corrected chi connectivity index (χ1v) is 19.2. The molecule has 0 fully saturated rings. The third-order valence-electron chi connectivity index (χ3n) is 12.2. The van der Waals surface area contributed by atoms with Crippen molar-refractivity contribution in [2.75, 3.05) is 0 Å². The standard InChI is InChI=1S/C52H26N4O2/c53-27-31-26-42(56-40-16-8-6-14-36(40)38-20-24-46-50(52(38)56)48-34-12-4-2-10-30(34)18-22-44(48)58-46)32(28-54)25-41(31)55-39-15-7-5-13-35(39)37-19-23-45-49(51(37)55)47-33-11-3-1-9-29(33)17-21-43(47)57-45/h1-26H. The van der Waals surface area contributed by atoms with Gasteiger partial charge in [-0.3, -0.25) is 0 Å². The number of hydrogen-bond acceptors (Lipinski definition) is 4. The van der Waals surface area contributed by atoms with Crippen LogP contribution in [0.25, 0.3) is 120 Å². The number of benzene rings is 9. The Hall–Kier alpha value is -8.32. The van der Waals surface area contributed by atoms with Crippen LogP contribution in [0.3, 0.4) is 0 Å². The van der Waals surface area contributed by atoms with Crippen molar-refractivity contribution >= 4 is 109 Å². The smallest absolute Gasteiger partial charge is 0.137 e. The minimum Gasteiger partial charge on any atom is -0.456 e. The topological polar surface area (TPSA) is 83.7 Å². The van der Waals surface area contributed by atoms with Crippen molar-refractivity contribution in [2.45, 2.75) is 0 Å². The first-order chi connectivity index (χ1) is 28.7. The van der Waals surface area contributed by atoms with Crippen LogP contribution in [-0.4, -0.2) is 9.13 Å². The summed E-state index contributed by atoms with van der Waals surface area (Å²) >= 11 is 0. The third kappa shape index (κ3) is 3.88. The Bertz CT molecular complexity index is 3800. The van der Waals surface area contributed by atoms with Crippen LogP contribution in [0, 0.1) is 22.7 Å². The Labute approximate surface area is 328 Å². The molecule has 266 valence electrons. The van der Waals surface area contributed by atoms with Gasteiger partial charge in [0.15, 0.2) is 0 Å². The van der Waals surface area contributed by atoms with Crippen molar-refractivity contribution in [2.24, 2.45) is 0 Å². The maximum atomic E-state index is 11.2.